The molecule has 0 saturated carbocycles. The van der Waals surface area contributed by atoms with Crippen LogP contribution in [0.25, 0.3) is 0 Å². The van der Waals surface area contributed by atoms with Gasteiger partial charge in [-0.25, -0.2) is 18.4 Å². The van der Waals surface area contributed by atoms with Gasteiger partial charge >= 0.3 is 6.01 Å². The normalized spacial score (nSPS) is 19.2. The van der Waals surface area contributed by atoms with Crippen molar-refractivity contribution in [3.63, 3.8) is 0 Å². The maximum absolute atomic E-state index is 12.7. The smallest absolute Gasteiger partial charge is 0.316 e. The van der Waals surface area contributed by atoms with E-state index in [4.69, 9.17) is 16.3 Å². The van der Waals surface area contributed by atoms with Crippen molar-refractivity contribution >= 4 is 37.6 Å². The largest absolute Gasteiger partial charge is 0.459 e. The van der Waals surface area contributed by atoms with Gasteiger partial charge in [0.2, 0.25) is 10.0 Å². The van der Waals surface area contributed by atoms with Crippen molar-refractivity contribution in [3.8, 4) is 6.01 Å². The Labute approximate surface area is 154 Å². The quantitative estimate of drug-likeness (QED) is 0.742. The summed E-state index contributed by atoms with van der Waals surface area (Å²) in [4.78, 5) is 8.36. The van der Waals surface area contributed by atoms with Gasteiger partial charge in [-0.3, -0.25) is 0 Å². The van der Waals surface area contributed by atoms with Crippen LogP contribution in [0.2, 0.25) is 5.02 Å². The van der Waals surface area contributed by atoms with Crippen LogP contribution in [0, 0.1) is 0 Å². The van der Waals surface area contributed by atoms with Crippen LogP contribution >= 0.6 is 27.5 Å². The molecule has 1 aromatic heterocycles. The van der Waals surface area contributed by atoms with Crippen molar-refractivity contribution in [3.05, 3.63) is 46.2 Å². The second kappa shape index (κ2) is 7.35. The Bertz CT molecular complexity index is 800. The Hall–Kier alpha value is -1.22. The van der Waals surface area contributed by atoms with Crippen molar-refractivity contribution < 1.29 is 13.2 Å². The molecule has 0 amide bonds. The number of benzene rings is 1. The van der Waals surface area contributed by atoms with Crippen molar-refractivity contribution in [2.24, 2.45) is 0 Å². The summed E-state index contributed by atoms with van der Waals surface area (Å²) in [5, 5.41) is 0.501. The zero-order chi connectivity index (χ0) is 17.2. The molecule has 2 heterocycles. The Morgan fingerprint density at radius 3 is 2.54 bits per heavy atom. The molecule has 128 valence electrons. The minimum absolute atomic E-state index is 0.229. The zero-order valence-corrected chi connectivity index (χ0v) is 15.8. The number of aromatic nitrogens is 2. The fraction of sp³-hybridized carbons (Fsp3) is 0.333. The van der Waals surface area contributed by atoms with E-state index in [2.05, 4.69) is 25.9 Å². The van der Waals surface area contributed by atoms with Gasteiger partial charge in [0, 0.05) is 24.0 Å². The average molecular weight is 433 g/mol. The molecule has 1 aromatic carbocycles. The van der Waals surface area contributed by atoms with E-state index < -0.39 is 10.0 Å². The Morgan fingerprint density at radius 2 is 1.88 bits per heavy atom. The van der Waals surface area contributed by atoms with E-state index >= 15 is 0 Å². The minimum Gasteiger partial charge on any atom is -0.459 e. The van der Waals surface area contributed by atoms with Gasteiger partial charge in [0.05, 0.1) is 15.9 Å². The molecular formula is C15H15BrClN3O3S. The third-order valence-electron chi connectivity index (χ3n) is 3.66. The molecule has 0 aliphatic carbocycles. The van der Waals surface area contributed by atoms with Gasteiger partial charge in [0.1, 0.15) is 6.10 Å². The molecule has 1 aliphatic heterocycles. The van der Waals surface area contributed by atoms with Crippen molar-refractivity contribution in [1.82, 2.24) is 14.3 Å². The fourth-order valence-electron chi connectivity index (χ4n) is 2.49. The molecule has 24 heavy (non-hydrogen) atoms. The molecule has 1 saturated heterocycles. The predicted molar refractivity (Wildman–Crippen MR) is 93.6 cm³/mol. The fourth-order valence-corrected chi connectivity index (χ4v) is 4.33. The Balaban J connectivity index is 1.72. The van der Waals surface area contributed by atoms with Crippen LogP contribution in [-0.4, -0.2) is 41.9 Å². The number of ether oxygens (including phenoxy) is 1. The summed E-state index contributed by atoms with van der Waals surface area (Å²) in [6.45, 7) is 0.733. The molecule has 0 N–H and O–H groups in total. The highest BCUT2D eigenvalue weighted by molar-refractivity contribution is 9.10. The maximum atomic E-state index is 12.7. The average Bonchev–Trinajstić information content (AvgIpc) is 2.58. The topological polar surface area (TPSA) is 72.4 Å². The first-order chi connectivity index (χ1) is 11.4. The molecule has 1 atom stereocenters. The van der Waals surface area contributed by atoms with Crippen LogP contribution in [0.5, 0.6) is 6.01 Å². The predicted octanol–water partition coefficient (Wildman–Crippen LogP) is 3.12. The van der Waals surface area contributed by atoms with Crippen LogP contribution < -0.4 is 4.74 Å². The summed E-state index contributed by atoms with van der Waals surface area (Å²) in [5.41, 5.74) is 0. The third kappa shape index (κ3) is 4.05. The molecule has 0 bridgehead atoms. The summed E-state index contributed by atoms with van der Waals surface area (Å²) < 4.78 is 33.4. The summed E-state index contributed by atoms with van der Waals surface area (Å²) in [7, 11) is -3.56. The second-order valence-electron chi connectivity index (χ2n) is 5.38. The lowest BCUT2D eigenvalue weighted by atomic mass is 10.1. The number of hydrogen-bond donors (Lipinski definition) is 0. The molecule has 3 rings (SSSR count). The van der Waals surface area contributed by atoms with Crippen LogP contribution in [0.4, 0.5) is 0 Å². The maximum Gasteiger partial charge on any atom is 0.316 e. The highest BCUT2D eigenvalue weighted by Gasteiger charge is 2.31. The van der Waals surface area contributed by atoms with Gasteiger partial charge in [-0.2, -0.15) is 4.31 Å². The number of nitrogens with zero attached hydrogens (tertiary/aromatic N) is 3. The van der Waals surface area contributed by atoms with E-state index in [1.54, 1.807) is 24.5 Å². The molecule has 1 aliphatic rings. The second-order valence-corrected chi connectivity index (χ2v) is 8.67. The molecule has 1 unspecified atom stereocenters. The molecular weight excluding hydrogens is 418 g/mol. The lowest BCUT2D eigenvalue weighted by molar-refractivity contribution is 0.119. The molecule has 9 heteroatoms. The highest BCUT2D eigenvalue weighted by Crippen LogP contribution is 2.23. The number of piperidine rings is 1. The molecule has 2 aromatic rings. The van der Waals surface area contributed by atoms with Gasteiger partial charge in [-0.1, -0.05) is 11.6 Å². The number of sulfonamides is 1. The van der Waals surface area contributed by atoms with Crippen LogP contribution in [-0.2, 0) is 10.0 Å². The zero-order valence-electron chi connectivity index (χ0n) is 12.6. The standard InChI is InChI=1S/C15H15BrClN3O3S/c16-11-8-18-15(19-9-11)23-13-2-1-7-20(10-13)24(21,22)14-5-3-12(17)4-6-14/h3-6,8-9,13H,1-2,7,10H2. The van der Waals surface area contributed by atoms with Gasteiger partial charge in [0.15, 0.2) is 0 Å². The van der Waals surface area contributed by atoms with Crippen LogP contribution in [0.1, 0.15) is 12.8 Å². The van der Waals surface area contributed by atoms with Gasteiger partial charge in [-0.05, 0) is 53.0 Å². The van der Waals surface area contributed by atoms with E-state index in [9.17, 15) is 8.42 Å². The van der Waals surface area contributed by atoms with E-state index in [1.165, 1.54) is 16.4 Å². The van der Waals surface area contributed by atoms with Crippen molar-refractivity contribution in [2.45, 2.75) is 23.8 Å². The first-order valence-corrected chi connectivity index (χ1v) is 9.96. The monoisotopic (exact) mass is 431 g/mol. The van der Waals surface area contributed by atoms with Crippen LogP contribution in [0.3, 0.4) is 0 Å². The van der Waals surface area contributed by atoms with Crippen molar-refractivity contribution in [1.29, 1.82) is 0 Å². The summed E-state index contributed by atoms with van der Waals surface area (Å²) in [6, 6.07) is 6.42. The number of hydrogen-bond acceptors (Lipinski definition) is 5. The van der Waals surface area contributed by atoms with Gasteiger partial charge < -0.3 is 4.74 Å². The third-order valence-corrected chi connectivity index (χ3v) is 6.20. The van der Waals surface area contributed by atoms with E-state index in [0.29, 0.717) is 18.0 Å². The number of rotatable bonds is 4. The summed E-state index contributed by atoms with van der Waals surface area (Å²) >= 11 is 9.09. The first-order valence-electron chi connectivity index (χ1n) is 7.35. The summed E-state index contributed by atoms with van der Waals surface area (Å²) in [5.74, 6) is 0. The Kier molecular flexibility index (Phi) is 5.39. The first kappa shape index (κ1) is 17.6. The Morgan fingerprint density at radius 1 is 1.21 bits per heavy atom. The minimum atomic E-state index is -3.56. The lowest BCUT2D eigenvalue weighted by Gasteiger charge is -2.31. The van der Waals surface area contributed by atoms with Crippen molar-refractivity contribution in [2.75, 3.05) is 13.1 Å². The highest BCUT2D eigenvalue weighted by atomic mass is 79.9. The van der Waals surface area contributed by atoms with Gasteiger partial charge in [-0.15, -0.1) is 0 Å². The van der Waals surface area contributed by atoms with E-state index in [0.717, 1.165) is 10.9 Å². The molecule has 0 radical (unpaired) electrons. The van der Waals surface area contributed by atoms with Crippen LogP contribution in [0.15, 0.2) is 46.0 Å². The molecule has 6 nitrogen and oxygen atoms in total. The number of halogens is 2. The molecule has 0 spiro atoms. The SMILES string of the molecule is O=S(=O)(c1ccc(Cl)cc1)N1CCCC(Oc2ncc(Br)cn2)C1. The lowest BCUT2D eigenvalue weighted by Crippen LogP contribution is -2.44. The van der Waals surface area contributed by atoms with E-state index in [1.807, 2.05) is 0 Å². The van der Waals surface area contributed by atoms with E-state index in [-0.39, 0.29) is 23.6 Å². The summed E-state index contributed by atoms with van der Waals surface area (Å²) in [6.07, 6.45) is 4.38. The van der Waals surface area contributed by atoms with Gasteiger partial charge in [0.25, 0.3) is 0 Å². The molecule has 1 fully saturated rings.